The third-order valence-corrected chi connectivity index (χ3v) is 9.72. The molecule has 0 radical (unpaired) electrons. The maximum atomic E-state index is 13.6. The Morgan fingerprint density at radius 1 is 0.778 bits per heavy atom. The van der Waals surface area contributed by atoms with Crippen LogP contribution in [0.2, 0.25) is 0 Å². The van der Waals surface area contributed by atoms with Gasteiger partial charge in [-0.15, -0.1) is 0 Å². The first-order chi connectivity index (χ1) is 25.9. The van der Waals surface area contributed by atoms with Gasteiger partial charge in [0.1, 0.15) is 35.1 Å². The number of alkyl carbamates (subject to hydrolysis) is 2. The zero-order valence-corrected chi connectivity index (χ0v) is 32.0. The number of carbonyl (C=O) groups is 4. The molecule has 2 aliphatic rings. The number of aromatic nitrogens is 4. The smallest absolute Gasteiger partial charge is 0.407 e. The van der Waals surface area contributed by atoms with E-state index in [1.165, 1.54) is 14.2 Å². The lowest BCUT2D eigenvalue weighted by Gasteiger charge is -2.30. The number of imidazole rings is 2. The van der Waals surface area contributed by atoms with Crippen molar-refractivity contribution >= 4 is 24.0 Å². The van der Waals surface area contributed by atoms with E-state index in [0.717, 1.165) is 30.4 Å². The van der Waals surface area contributed by atoms with E-state index < -0.39 is 24.3 Å². The van der Waals surface area contributed by atoms with Crippen molar-refractivity contribution in [2.45, 2.75) is 84.5 Å². The van der Waals surface area contributed by atoms with Gasteiger partial charge in [0.05, 0.1) is 38.7 Å². The first kappa shape index (κ1) is 39.4. The molecule has 1 aromatic carbocycles. The summed E-state index contributed by atoms with van der Waals surface area (Å²) < 4.78 is 9.48. The number of likely N-dealkylation sites (tertiary alicyclic amines) is 2. The minimum Gasteiger partial charge on any atom is -0.453 e. The molecule has 0 saturated carbocycles. The number of carbonyl (C=O) groups excluding carboxylic acids is 4. The maximum absolute atomic E-state index is 13.6. The molecule has 2 aliphatic heterocycles. The number of methoxy groups -OCH3 is 2. The summed E-state index contributed by atoms with van der Waals surface area (Å²) in [6.45, 7) is 11.1. The number of H-pyrrole nitrogens is 2. The molecule has 4 N–H and O–H groups in total. The second-order valence-electron chi connectivity index (χ2n) is 14.5. The van der Waals surface area contributed by atoms with Gasteiger partial charge in [0.25, 0.3) is 0 Å². The van der Waals surface area contributed by atoms with Crippen molar-refractivity contribution in [3.05, 3.63) is 70.8 Å². The van der Waals surface area contributed by atoms with E-state index in [2.05, 4.69) is 68.1 Å². The van der Waals surface area contributed by atoms with Crippen LogP contribution >= 0.6 is 0 Å². The average molecular weight is 739 g/mol. The molecule has 2 saturated heterocycles. The lowest BCUT2D eigenvalue weighted by atomic mass is 10.0. The van der Waals surface area contributed by atoms with Gasteiger partial charge >= 0.3 is 12.2 Å². The molecule has 6 atom stereocenters. The van der Waals surface area contributed by atoms with Crippen LogP contribution in [0.5, 0.6) is 0 Å². The molecule has 4 amide bonds. The van der Waals surface area contributed by atoms with Crippen LogP contribution in [0.3, 0.4) is 0 Å². The van der Waals surface area contributed by atoms with Gasteiger partial charge in [-0.1, -0.05) is 52.9 Å². The van der Waals surface area contributed by atoms with Gasteiger partial charge in [0, 0.05) is 24.2 Å². The van der Waals surface area contributed by atoms with Crippen molar-refractivity contribution in [3.63, 3.8) is 0 Å². The van der Waals surface area contributed by atoms with E-state index in [1.807, 2.05) is 45.0 Å². The number of benzene rings is 1. The summed E-state index contributed by atoms with van der Waals surface area (Å²) in [5.41, 5.74) is 2.85. The Kier molecular flexibility index (Phi) is 13.0. The van der Waals surface area contributed by atoms with E-state index >= 15 is 0 Å². The molecule has 14 heteroatoms. The van der Waals surface area contributed by atoms with Crippen LogP contribution < -0.4 is 10.6 Å². The fourth-order valence-corrected chi connectivity index (χ4v) is 6.98. The van der Waals surface area contributed by atoms with Crippen LogP contribution in [-0.4, -0.2) is 93.1 Å². The molecule has 3 aromatic rings. The van der Waals surface area contributed by atoms with Crippen LogP contribution in [0, 0.1) is 41.4 Å². The van der Waals surface area contributed by atoms with E-state index in [4.69, 9.17) is 9.47 Å². The minimum absolute atomic E-state index is 0.124. The number of amides is 4. The van der Waals surface area contributed by atoms with Crippen molar-refractivity contribution in [1.29, 1.82) is 0 Å². The fourth-order valence-electron chi connectivity index (χ4n) is 6.98. The zero-order chi connectivity index (χ0) is 38.9. The van der Waals surface area contributed by atoms with Gasteiger partial charge in [0.2, 0.25) is 11.8 Å². The van der Waals surface area contributed by atoms with Gasteiger partial charge in [0.15, 0.2) is 0 Å². The molecule has 5 rings (SSSR count). The summed E-state index contributed by atoms with van der Waals surface area (Å²) in [4.78, 5) is 70.2. The summed E-state index contributed by atoms with van der Waals surface area (Å²) >= 11 is 0. The average Bonchev–Trinajstić information content (AvgIpc) is 3.98. The third-order valence-electron chi connectivity index (χ3n) is 9.72. The standard InChI is InChI=1S/C40H50N8O6/c1-8-9-31(45-39(51)53-6)37(49)47-22-25(4)18-32(47)35-41-20-29(43-35)16-14-27-10-12-28(13-11-27)15-17-30-21-42-36(44-30)33-19-26(5)23-48(33)38(50)34(24(2)3)46-40(52)54-7/h10-13,20-21,24-26,31-34H,8-9,18-19,22-23H2,1-7H3,(H,41,43)(H,42,44)(H,45,51)(H,46,52)/t25-,26-,31-,32-,33-,34-/m0/s1. The maximum Gasteiger partial charge on any atom is 0.407 e. The lowest BCUT2D eigenvalue weighted by Crippen LogP contribution is -2.51. The molecule has 2 fully saturated rings. The number of aromatic amines is 2. The monoisotopic (exact) mass is 738 g/mol. The second kappa shape index (κ2) is 17.8. The fraction of sp³-hybridized carbons (Fsp3) is 0.500. The Morgan fingerprint density at radius 3 is 1.69 bits per heavy atom. The van der Waals surface area contributed by atoms with Crippen molar-refractivity contribution in [2.24, 2.45) is 17.8 Å². The largest absolute Gasteiger partial charge is 0.453 e. The minimum atomic E-state index is -0.712. The van der Waals surface area contributed by atoms with Gasteiger partial charge in [-0.3, -0.25) is 9.59 Å². The van der Waals surface area contributed by atoms with E-state index in [1.54, 1.807) is 22.2 Å². The van der Waals surface area contributed by atoms with E-state index in [0.29, 0.717) is 42.5 Å². The Labute approximate surface area is 316 Å². The van der Waals surface area contributed by atoms with Crippen LogP contribution in [0.4, 0.5) is 9.59 Å². The normalized spacial score (nSPS) is 20.3. The van der Waals surface area contributed by atoms with Gasteiger partial charge < -0.3 is 39.9 Å². The molecule has 0 aliphatic carbocycles. The van der Waals surface area contributed by atoms with Crippen LogP contribution in [-0.2, 0) is 19.1 Å². The Balaban J connectivity index is 1.22. The van der Waals surface area contributed by atoms with Crippen molar-refractivity contribution in [1.82, 2.24) is 40.4 Å². The molecule has 2 aromatic heterocycles. The highest BCUT2D eigenvalue weighted by atomic mass is 16.5. The van der Waals surface area contributed by atoms with Crippen LogP contribution in [0.25, 0.3) is 0 Å². The molecule has 0 unspecified atom stereocenters. The summed E-state index contributed by atoms with van der Waals surface area (Å²) in [5, 5.41) is 5.36. The first-order valence-electron chi connectivity index (χ1n) is 18.4. The van der Waals surface area contributed by atoms with Crippen molar-refractivity contribution in [2.75, 3.05) is 27.3 Å². The summed E-state index contributed by atoms with van der Waals surface area (Å²) in [6, 6.07) is 5.69. The summed E-state index contributed by atoms with van der Waals surface area (Å²) in [6.07, 6.45) is 4.81. The predicted octanol–water partition coefficient (Wildman–Crippen LogP) is 4.66. The van der Waals surface area contributed by atoms with E-state index in [-0.39, 0.29) is 41.7 Å². The molecule has 54 heavy (non-hydrogen) atoms. The molecular weight excluding hydrogens is 688 g/mol. The highest BCUT2D eigenvalue weighted by Gasteiger charge is 2.41. The highest BCUT2D eigenvalue weighted by molar-refractivity contribution is 5.87. The number of hydrogen-bond acceptors (Lipinski definition) is 8. The molecular formula is C40H50N8O6. The van der Waals surface area contributed by atoms with Gasteiger partial charge in [-0.25, -0.2) is 19.6 Å². The van der Waals surface area contributed by atoms with Crippen LogP contribution in [0.15, 0.2) is 36.7 Å². The zero-order valence-electron chi connectivity index (χ0n) is 32.0. The Bertz CT molecular complexity index is 1930. The molecule has 14 nitrogen and oxygen atoms in total. The number of rotatable bonds is 9. The third kappa shape index (κ3) is 9.61. The van der Waals surface area contributed by atoms with Crippen LogP contribution in [0.1, 0.15) is 107 Å². The quantitative estimate of drug-likeness (QED) is 0.230. The van der Waals surface area contributed by atoms with E-state index in [9.17, 15) is 19.2 Å². The van der Waals surface area contributed by atoms with Crippen molar-refractivity contribution in [3.8, 4) is 23.7 Å². The Morgan fingerprint density at radius 2 is 1.24 bits per heavy atom. The second-order valence-corrected chi connectivity index (χ2v) is 14.5. The summed E-state index contributed by atoms with van der Waals surface area (Å²) in [7, 11) is 2.56. The highest BCUT2D eigenvalue weighted by Crippen LogP contribution is 2.36. The Hall–Kier alpha value is -5.76. The first-order valence-corrected chi connectivity index (χ1v) is 18.4. The topological polar surface area (TPSA) is 175 Å². The number of hydrogen-bond donors (Lipinski definition) is 4. The molecule has 0 spiro atoms. The summed E-state index contributed by atoms with van der Waals surface area (Å²) in [5.74, 6) is 14.0. The predicted molar refractivity (Wildman–Crippen MR) is 200 cm³/mol. The van der Waals surface area contributed by atoms with Crippen molar-refractivity contribution < 1.29 is 28.7 Å². The SMILES string of the molecule is CCC[C@H](NC(=O)OC)C(=O)N1C[C@@H](C)C[C@H]1c1ncc(C#Cc2ccc(C#Cc3cnc([C@@H]4C[C@H](C)CN4C(=O)[C@@H](NC(=O)OC)C(C)C)[nH]3)cc2)[nH]1. The molecule has 4 heterocycles. The molecule has 0 bridgehead atoms. The number of nitrogens with one attached hydrogen (secondary N) is 4. The number of nitrogens with zero attached hydrogens (tertiary/aromatic N) is 4. The van der Waals surface area contributed by atoms with Gasteiger partial charge in [-0.2, -0.15) is 0 Å². The molecule has 286 valence electrons. The lowest BCUT2D eigenvalue weighted by molar-refractivity contribution is -0.136. The van der Waals surface area contributed by atoms with Gasteiger partial charge in [-0.05, 0) is 73.1 Å². The number of ether oxygens (including phenoxy) is 2.